The summed E-state index contributed by atoms with van der Waals surface area (Å²) in [7, 11) is 1.84. The molecule has 2 amide bonds. The molecular formula is C19H27N3O2. The Kier molecular flexibility index (Phi) is 5.17. The van der Waals surface area contributed by atoms with Gasteiger partial charge in [-0.1, -0.05) is 6.92 Å². The van der Waals surface area contributed by atoms with Crippen molar-refractivity contribution in [1.82, 2.24) is 14.8 Å². The van der Waals surface area contributed by atoms with Gasteiger partial charge in [-0.15, -0.1) is 0 Å². The van der Waals surface area contributed by atoms with Crippen molar-refractivity contribution in [3.05, 3.63) is 30.1 Å². The molecule has 1 aliphatic heterocycles. The molecule has 5 nitrogen and oxygen atoms in total. The van der Waals surface area contributed by atoms with E-state index in [1.807, 2.05) is 24.1 Å². The van der Waals surface area contributed by atoms with E-state index < -0.39 is 0 Å². The normalized spacial score (nSPS) is 26.1. The first-order chi connectivity index (χ1) is 11.6. The van der Waals surface area contributed by atoms with Crippen molar-refractivity contribution in [3.8, 4) is 0 Å². The number of piperidine rings is 1. The Bertz CT molecular complexity index is 590. The summed E-state index contributed by atoms with van der Waals surface area (Å²) >= 11 is 0. The van der Waals surface area contributed by atoms with Gasteiger partial charge >= 0.3 is 0 Å². The van der Waals surface area contributed by atoms with Gasteiger partial charge in [0.05, 0.1) is 11.8 Å². The quantitative estimate of drug-likeness (QED) is 0.830. The fourth-order valence-corrected chi connectivity index (χ4v) is 3.60. The molecule has 0 aromatic carbocycles. The van der Waals surface area contributed by atoms with Crippen LogP contribution in [0, 0.1) is 17.8 Å². The molecule has 3 atom stereocenters. The molecule has 5 heteroatoms. The molecule has 2 heterocycles. The SMILES string of the molecule is CC1CCCN(C(=O)C2CC2C(=O)N(C)CCc2ccncc2)C1. The van der Waals surface area contributed by atoms with Gasteiger partial charge in [0, 0.05) is 39.1 Å². The van der Waals surface area contributed by atoms with Crippen LogP contribution in [0.1, 0.15) is 31.7 Å². The van der Waals surface area contributed by atoms with Crippen molar-refractivity contribution in [3.63, 3.8) is 0 Å². The van der Waals surface area contributed by atoms with E-state index in [0.29, 0.717) is 12.5 Å². The Morgan fingerprint density at radius 2 is 2.04 bits per heavy atom. The molecule has 0 bridgehead atoms. The maximum atomic E-state index is 12.6. The monoisotopic (exact) mass is 329 g/mol. The van der Waals surface area contributed by atoms with Crippen molar-refractivity contribution in [2.45, 2.75) is 32.6 Å². The van der Waals surface area contributed by atoms with Crippen LogP contribution in [-0.4, -0.2) is 53.3 Å². The Labute approximate surface area is 144 Å². The second kappa shape index (κ2) is 7.32. The average molecular weight is 329 g/mol. The van der Waals surface area contributed by atoms with Gasteiger partial charge in [0.1, 0.15) is 0 Å². The summed E-state index contributed by atoms with van der Waals surface area (Å²) in [5.41, 5.74) is 1.18. The molecule has 1 aliphatic carbocycles. The summed E-state index contributed by atoms with van der Waals surface area (Å²) in [6.45, 7) is 4.59. The smallest absolute Gasteiger partial charge is 0.226 e. The first-order valence-corrected chi connectivity index (χ1v) is 8.99. The lowest BCUT2D eigenvalue weighted by molar-refractivity contribution is -0.138. The molecule has 3 rings (SSSR count). The van der Waals surface area contributed by atoms with Crippen LogP contribution in [-0.2, 0) is 16.0 Å². The Balaban J connectivity index is 1.47. The number of likely N-dealkylation sites (tertiary alicyclic amines) is 1. The van der Waals surface area contributed by atoms with Crippen LogP contribution in [0.5, 0.6) is 0 Å². The maximum Gasteiger partial charge on any atom is 0.226 e. The average Bonchev–Trinajstić information content (AvgIpc) is 3.40. The minimum Gasteiger partial charge on any atom is -0.345 e. The Morgan fingerprint density at radius 3 is 2.75 bits per heavy atom. The number of hydrogen-bond acceptors (Lipinski definition) is 3. The zero-order chi connectivity index (χ0) is 17.1. The third-order valence-corrected chi connectivity index (χ3v) is 5.25. The van der Waals surface area contributed by atoms with Gasteiger partial charge < -0.3 is 9.80 Å². The van der Waals surface area contributed by atoms with Crippen molar-refractivity contribution >= 4 is 11.8 Å². The van der Waals surface area contributed by atoms with Gasteiger partial charge in [-0.25, -0.2) is 0 Å². The van der Waals surface area contributed by atoms with E-state index in [0.717, 1.165) is 32.4 Å². The molecule has 1 aromatic heterocycles. The predicted octanol–water partition coefficient (Wildman–Crippen LogP) is 1.98. The molecule has 1 aromatic rings. The summed E-state index contributed by atoms with van der Waals surface area (Å²) in [6.07, 6.45) is 7.37. The summed E-state index contributed by atoms with van der Waals surface area (Å²) in [4.78, 5) is 32.9. The van der Waals surface area contributed by atoms with Crippen molar-refractivity contribution < 1.29 is 9.59 Å². The van der Waals surface area contributed by atoms with Gasteiger partial charge in [0.2, 0.25) is 11.8 Å². The van der Waals surface area contributed by atoms with E-state index in [9.17, 15) is 9.59 Å². The number of aromatic nitrogens is 1. The number of nitrogens with zero attached hydrogens (tertiary/aromatic N) is 3. The van der Waals surface area contributed by atoms with Crippen LogP contribution in [0.2, 0.25) is 0 Å². The van der Waals surface area contributed by atoms with Crippen LogP contribution < -0.4 is 0 Å². The highest BCUT2D eigenvalue weighted by atomic mass is 16.2. The molecule has 1 saturated heterocycles. The van der Waals surface area contributed by atoms with Crippen molar-refractivity contribution in [1.29, 1.82) is 0 Å². The third-order valence-electron chi connectivity index (χ3n) is 5.25. The van der Waals surface area contributed by atoms with Gasteiger partial charge in [-0.05, 0) is 49.3 Å². The molecule has 0 radical (unpaired) electrons. The van der Waals surface area contributed by atoms with Crippen LogP contribution in [0.3, 0.4) is 0 Å². The topological polar surface area (TPSA) is 53.5 Å². The predicted molar refractivity (Wildman–Crippen MR) is 92.2 cm³/mol. The van der Waals surface area contributed by atoms with Gasteiger partial charge in [-0.2, -0.15) is 0 Å². The minimum absolute atomic E-state index is 0.0776. The largest absolute Gasteiger partial charge is 0.345 e. The molecule has 1 saturated carbocycles. The van der Waals surface area contributed by atoms with Crippen molar-refractivity contribution in [2.24, 2.45) is 17.8 Å². The lowest BCUT2D eigenvalue weighted by atomic mass is 10.00. The van der Waals surface area contributed by atoms with Crippen molar-refractivity contribution in [2.75, 3.05) is 26.7 Å². The summed E-state index contributed by atoms with van der Waals surface area (Å²) in [5.74, 6) is 0.719. The second-order valence-corrected chi connectivity index (χ2v) is 7.35. The molecule has 24 heavy (non-hydrogen) atoms. The van der Waals surface area contributed by atoms with Gasteiger partial charge in [-0.3, -0.25) is 14.6 Å². The number of pyridine rings is 1. The second-order valence-electron chi connectivity index (χ2n) is 7.35. The minimum atomic E-state index is -0.0998. The van der Waals surface area contributed by atoms with Crippen LogP contribution >= 0.6 is 0 Å². The van der Waals surface area contributed by atoms with Crippen LogP contribution in [0.15, 0.2) is 24.5 Å². The van der Waals surface area contributed by atoms with E-state index in [1.54, 1.807) is 17.3 Å². The third kappa shape index (κ3) is 3.94. The summed E-state index contributed by atoms with van der Waals surface area (Å²) in [5, 5.41) is 0. The standard InChI is InChI=1S/C19H27N3O2/c1-14-4-3-10-22(13-14)19(24)17-12-16(17)18(23)21(2)11-7-15-5-8-20-9-6-15/h5-6,8-9,14,16-17H,3-4,7,10-13H2,1-2H3. The van der Waals surface area contributed by atoms with Crippen LogP contribution in [0.4, 0.5) is 0 Å². The molecule has 2 fully saturated rings. The van der Waals surface area contributed by atoms with Gasteiger partial charge in [0.25, 0.3) is 0 Å². The number of carbonyl (C=O) groups excluding carboxylic acids is 2. The number of amides is 2. The highest BCUT2D eigenvalue weighted by Gasteiger charge is 2.50. The Hall–Kier alpha value is -1.91. The van der Waals surface area contributed by atoms with E-state index in [4.69, 9.17) is 0 Å². The number of rotatable bonds is 5. The highest BCUT2D eigenvalue weighted by molar-refractivity contribution is 5.92. The van der Waals surface area contributed by atoms with Crippen LogP contribution in [0.25, 0.3) is 0 Å². The Morgan fingerprint density at radius 1 is 1.29 bits per heavy atom. The molecular weight excluding hydrogens is 302 g/mol. The molecule has 130 valence electrons. The lowest BCUT2D eigenvalue weighted by Gasteiger charge is -2.31. The first kappa shape index (κ1) is 16.9. The molecule has 2 aliphatic rings. The fraction of sp³-hybridized carbons (Fsp3) is 0.632. The van der Waals surface area contributed by atoms with Gasteiger partial charge in [0.15, 0.2) is 0 Å². The molecule has 3 unspecified atom stereocenters. The zero-order valence-electron chi connectivity index (χ0n) is 14.6. The summed E-state index contributed by atoms with van der Waals surface area (Å²) in [6, 6.07) is 3.94. The summed E-state index contributed by atoms with van der Waals surface area (Å²) < 4.78 is 0. The number of hydrogen-bond donors (Lipinski definition) is 0. The highest BCUT2D eigenvalue weighted by Crippen LogP contribution is 2.41. The zero-order valence-corrected chi connectivity index (χ0v) is 14.6. The molecule has 0 spiro atoms. The fourth-order valence-electron chi connectivity index (χ4n) is 3.60. The van der Waals surface area contributed by atoms with E-state index in [2.05, 4.69) is 11.9 Å². The maximum absolute atomic E-state index is 12.6. The molecule has 0 N–H and O–H groups in total. The lowest BCUT2D eigenvalue weighted by Crippen LogP contribution is -2.41. The van der Waals surface area contributed by atoms with E-state index in [-0.39, 0.29) is 23.7 Å². The number of carbonyl (C=O) groups is 2. The van der Waals surface area contributed by atoms with E-state index >= 15 is 0 Å². The number of likely N-dealkylation sites (N-methyl/N-ethyl adjacent to an activating group) is 1. The first-order valence-electron chi connectivity index (χ1n) is 8.99. The van der Waals surface area contributed by atoms with E-state index in [1.165, 1.54) is 12.0 Å².